The zero-order chi connectivity index (χ0) is 14.3. The van der Waals surface area contributed by atoms with Crippen molar-refractivity contribution < 1.29 is 4.79 Å². The Morgan fingerprint density at radius 3 is 2.47 bits per heavy atom. The van der Waals surface area contributed by atoms with Gasteiger partial charge in [-0.15, -0.1) is 0 Å². The molecule has 4 heteroatoms. The van der Waals surface area contributed by atoms with E-state index in [1.807, 2.05) is 6.92 Å². The summed E-state index contributed by atoms with van der Waals surface area (Å²) in [6.07, 6.45) is 6.16. The van der Waals surface area contributed by atoms with Gasteiger partial charge < -0.3 is 16.0 Å². The molecule has 3 N–H and O–H groups in total. The summed E-state index contributed by atoms with van der Waals surface area (Å²) in [4.78, 5) is 14.0. The van der Waals surface area contributed by atoms with E-state index in [4.69, 9.17) is 5.73 Å². The number of nitrogens with zero attached hydrogens (tertiary/aromatic N) is 1. The highest BCUT2D eigenvalue weighted by molar-refractivity contribution is 5.79. The second-order valence-corrected chi connectivity index (χ2v) is 6.13. The molecule has 19 heavy (non-hydrogen) atoms. The summed E-state index contributed by atoms with van der Waals surface area (Å²) in [6, 6.07) is 0.540. The van der Waals surface area contributed by atoms with Crippen molar-refractivity contribution in [1.29, 1.82) is 0 Å². The first kappa shape index (κ1) is 16.4. The number of hydrogen-bond donors (Lipinski definition) is 2. The molecule has 0 spiro atoms. The van der Waals surface area contributed by atoms with Crippen molar-refractivity contribution in [2.45, 2.75) is 65.0 Å². The number of primary amides is 1. The van der Waals surface area contributed by atoms with Crippen LogP contribution in [0.25, 0.3) is 0 Å². The van der Waals surface area contributed by atoms with Crippen LogP contribution in [0, 0.1) is 5.92 Å². The van der Waals surface area contributed by atoms with E-state index < -0.39 is 0 Å². The Balaban J connectivity index is 2.48. The number of amides is 1. The van der Waals surface area contributed by atoms with Gasteiger partial charge in [0, 0.05) is 19.1 Å². The van der Waals surface area contributed by atoms with E-state index in [1.165, 1.54) is 25.7 Å². The normalized spacial score (nSPS) is 18.4. The van der Waals surface area contributed by atoms with Crippen LogP contribution in [0.1, 0.15) is 52.9 Å². The number of carbonyl (C=O) groups is 1. The molecule has 0 saturated heterocycles. The van der Waals surface area contributed by atoms with E-state index in [2.05, 4.69) is 24.1 Å². The van der Waals surface area contributed by atoms with Gasteiger partial charge in [-0.2, -0.15) is 0 Å². The van der Waals surface area contributed by atoms with Crippen LogP contribution in [0.4, 0.5) is 0 Å². The predicted molar refractivity (Wildman–Crippen MR) is 79.9 cm³/mol. The maximum absolute atomic E-state index is 11.4. The van der Waals surface area contributed by atoms with Gasteiger partial charge in [0.2, 0.25) is 5.91 Å². The monoisotopic (exact) mass is 269 g/mol. The lowest BCUT2D eigenvalue weighted by Crippen LogP contribution is -2.45. The Labute approximate surface area is 118 Å². The highest BCUT2D eigenvalue weighted by Gasteiger charge is 2.24. The van der Waals surface area contributed by atoms with Crippen molar-refractivity contribution >= 4 is 5.91 Å². The van der Waals surface area contributed by atoms with Crippen LogP contribution in [0.2, 0.25) is 0 Å². The molecule has 0 aliphatic heterocycles. The lowest BCUT2D eigenvalue weighted by atomic mass is 10.1. The molecule has 0 aromatic heterocycles. The van der Waals surface area contributed by atoms with Crippen LogP contribution in [0.5, 0.6) is 0 Å². The fourth-order valence-electron chi connectivity index (χ4n) is 3.05. The van der Waals surface area contributed by atoms with E-state index in [0.717, 1.165) is 32.1 Å². The van der Waals surface area contributed by atoms with Crippen molar-refractivity contribution in [1.82, 2.24) is 10.2 Å². The third-order valence-corrected chi connectivity index (χ3v) is 3.94. The van der Waals surface area contributed by atoms with Crippen molar-refractivity contribution in [2.75, 3.05) is 19.6 Å². The number of likely N-dealkylation sites (N-methyl/N-ethyl adjacent to an activating group) is 1. The first-order valence-electron chi connectivity index (χ1n) is 7.81. The molecule has 4 nitrogen and oxygen atoms in total. The average Bonchev–Trinajstić information content (AvgIpc) is 2.85. The topological polar surface area (TPSA) is 58.4 Å². The SMILES string of the molecule is CCNC(CCN(CC(C)C)C1CCCC1)C(N)=O. The molecule has 1 aliphatic carbocycles. The summed E-state index contributed by atoms with van der Waals surface area (Å²) in [5, 5.41) is 3.18. The van der Waals surface area contributed by atoms with E-state index in [1.54, 1.807) is 0 Å². The lowest BCUT2D eigenvalue weighted by Gasteiger charge is -2.31. The summed E-state index contributed by atoms with van der Waals surface area (Å²) in [5.41, 5.74) is 5.44. The van der Waals surface area contributed by atoms with Gasteiger partial charge >= 0.3 is 0 Å². The molecule has 0 bridgehead atoms. The Morgan fingerprint density at radius 2 is 2.00 bits per heavy atom. The predicted octanol–water partition coefficient (Wildman–Crippen LogP) is 1.74. The van der Waals surface area contributed by atoms with Gasteiger partial charge in [-0.3, -0.25) is 4.79 Å². The van der Waals surface area contributed by atoms with Crippen LogP contribution in [0.15, 0.2) is 0 Å². The second kappa shape index (κ2) is 8.54. The maximum atomic E-state index is 11.4. The van der Waals surface area contributed by atoms with Crippen LogP contribution in [-0.4, -0.2) is 42.5 Å². The minimum atomic E-state index is -0.224. The smallest absolute Gasteiger partial charge is 0.234 e. The first-order chi connectivity index (χ1) is 9.04. The Morgan fingerprint density at radius 1 is 1.37 bits per heavy atom. The summed E-state index contributed by atoms with van der Waals surface area (Å²) in [5.74, 6) is 0.449. The lowest BCUT2D eigenvalue weighted by molar-refractivity contribution is -0.120. The van der Waals surface area contributed by atoms with Crippen molar-refractivity contribution in [2.24, 2.45) is 11.7 Å². The number of nitrogens with two attached hydrogens (primary N) is 1. The number of hydrogen-bond acceptors (Lipinski definition) is 3. The molecule has 1 saturated carbocycles. The van der Waals surface area contributed by atoms with Gasteiger partial charge in [-0.05, 0) is 31.7 Å². The molecule has 1 atom stereocenters. The largest absolute Gasteiger partial charge is 0.368 e. The molecule has 0 aromatic rings. The molecule has 112 valence electrons. The summed E-state index contributed by atoms with van der Waals surface area (Å²) in [6.45, 7) is 9.43. The minimum Gasteiger partial charge on any atom is -0.368 e. The average molecular weight is 269 g/mol. The molecule has 1 fully saturated rings. The molecule has 1 unspecified atom stereocenters. The molecule has 1 aliphatic rings. The molecule has 1 rings (SSSR count). The fraction of sp³-hybridized carbons (Fsp3) is 0.933. The minimum absolute atomic E-state index is 0.180. The van der Waals surface area contributed by atoms with Gasteiger partial charge in [0.25, 0.3) is 0 Å². The van der Waals surface area contributed by atoms with E-state index in [0.29, 0.717) is 5.92 Å². The number of nitrogens with one attached hydrogen (secondary N) is 1. The standard InChI is InChI=1S/C15H31N3O/c1-4-17-14(15(16)19)9-10-18(11-12(2)3)13-7-5-6-8-13/h12-14,17H,4-11H2,1-3H3,(H2,16,19). The fourth-order valence-corrected chi connectivity index (χ4v) is 3.05. The Kier molecular flexibility index (Phi) is 7.39. The molecular formula is C15H31N3O. The van der Waals surface area contributed by atoms with Gasteiger partial charge in [0.1, 0.15) is 0 Å². The van der Waals surface area contributed by atoms with E-state index in [-0.39, 0.29) is 11.9 Å². The molecule has 1 amide bonds. The maximum Gasteiger partial charge on any atom is 0.234 e. The highest BCUT2D eigenvalue weighted by Crippen LogP contribution is 2.24. The van der Waals surface area contributed by atoms with Crippen molar-refractivity contribution in [3.63, 3.8) is 0 Å². The summed E-state index contributed by atoms with van der Waals surface area (Å²) < 4.78 is 0. The third-order valence-electron chi connectivity index (χ3n) is 3.94. The second-order valence-electron chi connectivity index (χ2n) is 6.13. The third kappa shape index (κ3) is 5.91. The summed E-state index contributed by atoms with van der Waals surface area (Å²) in [7, 11) is 0. The summed E-state index contributed by atoms with van der Waals surface area (Å²) >= 11 is 0. The Bertz CT molecular complexity index is 262. The molecule has 0 heterocycles. The molecular weight excluding hydrogens is 238 g/mol. The Hall–Kier alpha value is -0.610. The van der Waals surface area contributed by atoms with Crippen LogP contribution >= 0.6 is 0 Å². The van der Waals surface area contributed by atoms with Crippen molar-refractivity contribution in [3.05, 3.63) is 0 Å². The van der Waals surface area contributed by atoms with Gasteiger partial charge in [-0.25, -0.2) is 0 Å². The van der Waals surface area contributed by atoms with Gasteiger partial charge in [-0.1, -0.05) is 33.6 Å². The van der Waals surface area contributed by atoms with Gasteiger partial charge in [0.15, 0.2) is 0 Å². The van der Waals surface area contributed by atoms with Crippen LogP contribution < -0.4 is 11.1 Å². The van der Waals surface area contributed by atoms with Gasteiger partial charge in [0.05, 0.1) is 6.04 Å². The number of rotatable bonds is 9. The van der Waals surface area contributed by atoms with Crippen LogP contribution in [0.3, 0.4) is 0 Å². The zero-order valence-electron chi connectivity index (χ0n) is 12.8. The quantitative estimate of drug-likeness (QED) is 0.670. The van der Waals surface area contributed by atoms with Crippen molar-refractivity contribution in [3.8, 4) is 0 Å². The first-order valence-corrected chi connectivity index (χ1v) is 7.81. The molecule has 0 radical (unpaired) electrons. The van der Waals surface area contributed by atoms with Crippen LogP contribution in [-0.2, 0) is 4.79 Å². The van der Waals surface area contributed by atoms with E-state index in [9.17, 15) is 4.79 Å². The zero-order valence-corrected chi connectivity index (χ0v) is 12.8. The number of carbonyl (C=O) groups excluding carboxylic acids is 1. The molecule has 0 aromatic carbocycles. The highest BCUT2D eigenvalue weighted by atomic mass is 16.1. The van der Waals surface area contributed by atoms with E-state index >= 15 is 0 Å².